The molecule has 0 bridgehead atoms. The molecule has 3 nitrogen and oxygen atoms in total. The van der Waals surface area contributed by atoms with Gasteiger partial charge in [0.2, 0.25) is 0 Å². The fourth-order valence-corrected chi connectivity index (χ4v) is 3.54. The van der Waals surface area contributed by atoms with Gasteiger partial charge in [0, 0.05) is 16.7 Å². The van der Waals surface area contributed by atoms with Gasteiger partial charge >= 0.3 is 5.97 Å². The number of ether oxygens (including phenoxy) is 1. The predicted octanol–water partition coefficient (Wildman–Crippen LogP) is 5.54. The first-order chi connectivity index (χ1) is 14.2. The zero-order chi connectivity index (χ0) is 20.1. The molecule has 142 valence electrons. The second-order valence-electron chi connectivity index (χ2n) is 6.69. The number of benzene rings is 4. The van der Waals surface area contributed by atoms with E-state index in [0.717, 1.165) is 16.7 Å². The van der Waals surface area contributed by atoms with Crippen LogP contribution in [0.4, 0.5) is 0 Å². The van der Waals surface area contributed by atoms with Crippen LogP contribution in [0.25, 0.3) is 0 Å². The molecule has 0 aliphatic carbocycles. The van der Waals surface area contributed by atoms with E-state index in [1.165, 1.54) is 6.07 Å². The second-order valence-corrected chi connectivity index (χ2v) is 6.69. The van der Waals surface area contributed by atoms with E-state index < -0.39 is 11.6 Å². The molecule has 0 fully saturated rings. The van der Waals surface area contributed by atoms with E-state index in [0.29, 0.717) is 0 Å². The van der Waals surface area contributed by atoms with Gasteiger partial charge in [-0.1, -0.05) is 103 Å². The summed E-state index contributed by atoms with van der Waals surface area (Å²) in [5.74, 6) is -0.708. The van der Waals surface area contributed by atoms with Gasteiger partial charge in [0.05, 0.1) is 0 Å². The van der Waals surface area contributed by atoms with Crippen molar-refractivity contribution >= 4 is 5.97 Å². The molecule has 0 unspecified atom stereocenters. The smallest absolute Gasteiger partial charge is 0.343 e. The van der Waals surface area contributed by atoms with Gasteiger partial charge in [-0.05, 0) is 12.1 Å². The minimum atomic E-state index is -1.16. The Kier molecular flexibility index (Phi) is 5.12. The molecule has 0 aliphatic rings. The van der Waals surface area contributed by atoms with Crippen LogP contribution in [0.5, 0.6) is 5.75 Å². The van der Waals surface area contributed by atoms with Crippen LogP contribution in [0.1, 0.15) is 27.0 Å². The summed E-state index contributed by atoms with van der Waals surface area (Å²) in [4.78, 5) is 13.2. The summed E-state index contributed by atoms with van der Waals surface area (Å²) in [6, 6.07) is 35.4. The van der Waals surface area contributed by atoms with Gasteiger partial charge in [-0.2, -0.15) is 0 Å². The van der Waals surface area contributed by atoms with Gasteiger partial charge in [0.1, 0.15) is 11.3 Å². The molecule has 0 aromatic heterocycles. The Morgan fingerprint density at radius 2 is 0.966 bits per heavy atom. The molecule has 0 heterocycles. The highest BCUT2D eigenvalue weighted by molar-refractivity contribution is 5.93. The van der Waals surface area contributed by atoms with E-state index in [4.69, 9.17) is 4.74 Å². The van der Waals surface area contributed by atoms with Gasteiger partial charge < -0.3 is 9.84 Å². The Bertz CT molecular complexity index is 994. The van der Waals surface area contributed by atoms with Gasteiger partial charge in [-0.15, -0.1) is 0 Å². The number of carbonyl (C=O) groups excluding carboxylic acids is 1. The quantitative estimate of drug-likeness (QED) is 0.365. The fourth-order valence-electron chi connectivity index (χ4n) is 3.54. The van der Waals surface area contributed by atoms with Gasteiger partial charge in [0.25, 0.3) is 0 Å². The van der Waals surface area contributed by atoms with Crippen molar-refractivity contribution in [3.05, 3.63) is 138 Å². The number of esters is 1. The lowest BCUT2D eigenvalue weighted by Crippen LogP contribution is -2.35. The highest BCUT2D eigenvalue weighted by Gasteiger charge is 2.41. The Morgan fingerprint density at radius 1 is 0.586 bits per heavy atom. The largest absolute Gasteiger partial charge is 0.507 e. The number of phenolic OH excluding ortho intramolecular Hbond substituents is 1. The van der Waals surface area contributed by atoms with E-state index in [2.05, 4.69) is 0 Å². The van der Waals surface area contributed by atoms with E-state index in [1.807, 2.05) is 91.0 Å². The zero-order valence-electron chi connectivity index (χ0n) is 15.7. The maximum Gasteiger partial charge on any atom is 0.343 e. The van der Waals surface area contributed by atoms with Crippen molar-refractivity contribution < 1.29 is 14.6 Å². The molecule has 4 rings (SSSR count). The summed E-state index contributed by atoms with van der Waals surface area (Å²) in [6.45, 7) is 0. The first kappa shape index (κ1) is 18.5. The van der Waals surface area contributed by atoms with Gasteiger partial charge in [-0.3, -0.25) is 0 Å². The van der Waals surface area contributed by atoms with Crippen LogP contribution in [0.15, 0.2) is 115 Å². The SMILES string of the molecule is O=C(OC(c1ccccc1)(c1ccccc1)c1ccccc1)c1ccccc1O. The number of aromatic hydroxyl groups is 1. The van der Waals surface area contributed by atoms with E-state index in [1.54, 1.807) is 18.2 Å². The average molecular weight is 380 g/mol. The number of hydrogen-bond donors (Lipinski definition) is 1. The Morgan fingerprint density at radius 3 is 1.38 bits per heavy atom. The first-order valence-electron chi connectivity index (χ1n) is 9.40. The second kappa shape index (κ2) is 8.03. The summed E-state index contributed by atoms with van der Waals surface area (Å²) in [5, 5.41) is 10.2. The molecular formula is C26H20O3. The monoisotopic (exact) mass is 380 g/mol. The van der Waals surface area contributed by atoms with E-state index in [9.17, 15) is 9.90 Å². The first-order valence-corrected chi connectivity index (χ1v) is 9.40. The predicted molar refractivity (Wildman–Crippen MR) is 113 cm³/mol. The molecule has 29 heavy (non-hydrogen) atoms. The number of hydrogen-bond acceptors (Lipinski definition) is 3. The molecule has 4 aromatic carbocycles. The van der Waals surface area contributed by atoms with Crippen LogP contribution in [0.3, 0.4) is 0 Å². The van der Waals surface area contributed by atoms with Gasteiger partial charge in [0.15, 0.2) is 5.60 Å². The summed E-state index contributed by atoms with van der Waals surface area (Å²) in [6.07, 6.45) is 0. The molecule has 0 atom stereocenters. The topological polar surface area (TPSA) is 46.5 Å². The summed E-state index contributed by atoms with van der Waals surface area (Å²) in [7, 11) is 0. The van der Waals surface area contributed by atoms with Crippen molar-refractivity contribution in [3.8, 4) is 5.75 Å². The summed E-state index contributed by atoms with van der Waals surface area (Å²) >= 11 is 0. The number of phenols is 1. The van der Waals surface area contributed by atoms with Crippen LogP contribution >= 0.6 is 0 Å². The number of carbonyl (C=O) groups is 1. The molecule has 0 spiro atoms. The van der Waals surface area contributed by atoms with Crippen molar-refractivity contribution in [1.29, 1.82) is 0 Å². The molecule has 0 radical (unpaired) electrons. The third-order valence-corrected chi connectivity index (χ3v) is 4.91. The van der Waals surface area contributed by atoms with Crippen molar-refractivity contribution in [2.24, 2.45) is 0 Å². The zero-order valence-corrected chi connectivity index (χ0v) is 15.7. The number of para-hydroxylation sites is 1. The third-order valence-electron chi connectivity index (χ3n) is 4.91. The van der Waals surface area contributed by atoms with Crippen LogP contribution in [-0.2, 0) is 10.3 Å². The highest BCUT2D eigenvalue weighted by atomic mass is 16.6. The standard InChI is InChI=1S/C26H20O3/c27-24-19-11-10-18-23(24)25(28)29-26(20-12-4-1-5-13-20,21-14-6-2-7-15-21)22-16-8-3-9-17-22/h1-19,27H. The summed E-state index contributed by atoms with van der Waals surface area (Å²) < 4.78 is 6.26. The van der Waals surface area contributed by atoms with Crippen LogP contribution in [0, 0.1) is 0 Å². The Hall–Kier alpha value is -3.85. The molecule has 1 N–H and O–H groups in total. The highest BCUT2D eigenvalue weighted by Crippen LogP contribution is 2.41. The average Bonchev–Trinajstić information content (AvgIpc) is 2.79. The lowest BCUT2D eigenvalue weighted by atomic mass is 9.80. The van der Waals surface area contributed by atoms with Gasteiger partial charge in [-0.25, -0.2) is 4.79 Å². The third kappa shape index (κ3) is 3.50. The van der Waals surface area contributed by atoms with Crippen molar-refractivity contribution in [2.45, 2.75) is 5.60 Å². The molecule has 0 aliphatic heterocycles. The lowest BCUT2D eigenvalue weighted by molar-refractivity contribution is 0.0138. The van der Waals surface area contributed by atoms with Crippen molar-refractivity contribution in [2.75, 3.05) is 0 Å². The molecule has 4 aromatic rings. The maximum atomic E-state index is 13.2. The maximum absolute atomic E-state index is 13.2. The Labute approximate surface area is 169 Å². The summed E-state index contributed by atoms with van der Waals surface area (Å²) in [5.41, 5.74) is 1.42. The van der Waals surface area contributed by atoms with E-state index >= 15 is 0 Å². The van der Waals surface area contributed by atoms with E-state index in [-0.39, 0.29) is 11.3 Å². The van der Waals surface area contributed by atoms with Crippen LogP contribution in [-0.4, -0.2) is 11.1 Å². The number of rotatable bonds is 5. The van der Waals surface area contributed by atoms with Crippen LogP contribution in [0.2, 0.25) is 0 Å². The molecule has 0 saturated carbocycles. The van der Waals surface area contributed by atoms with Crippen molar-refractivity contribution in [3.63, 3.8) is 0 Å². The molecule has 0 amide bonds. The minimum absolute atomic E-state index is 0.111. The fraction of sp³-hybridized carbons (Fsp3) is 0.0385. The van der Waals surface area contributed by atoms with Crippen LogP contribution < -0.4 is 0 Å². The lowest BCUT2D eigenvalue weighted by Gasteiger charge is -2.35. The minimum Gasteiger partial charge on any atom is -0.507 e. The normalized spacial score (nSPS) is 11.0. The van der Waals surface area contributed by atoms with Crippen molar-refractivity contribution in [1.82, 2.24) is 0 Å². The Balaban J connectivity index is 1.95. The molecule has 3 heteroatoms. The molecular weight excluding hydrogens is 360 g/mol. The molecule has 0 saturated heterocycles.